The van der Waals surface area contributed by atoms with Gasteiger partial charge in [0, 0.05) is 17.8 Å². The fourth-order valence-corrected chi connectivity index (χ4v) is 2.76. The molecule has 5 nitrogen and oxygen atoms in total. The van der Waals surface area contributed by atoms with Gasteiger partial charge in [0.15, 0.2) is 18.1 Å². The standard InChI is InChI=1S/C20H22N2O3/c1-14-11-16-12-15(7-8-17(16)22-14)9-10-21-20(23)13-25-19-6-4-3-5-18(19)24-2/h3-8,11-12,22H,9-10,13H2,1-2H3,(H,21,23). The summed E-state index contributed by atoms with van der Waals surface area (Å²) in [4.78, 5) is 15.2. The number of hydrogen-bond donors (Lipinski definition) is 2. The predicted molar refractivity (Wildman–Crippen MR) is 98.2 cm³/mol. The Hall–Kier alpha value is -2.95. The summed E-state index contributed by atoms with van der Waals surface area (Å²) in [5.74, 6) is 1.03. The SMILES string of the molecule is COc1ccccc1OCC(=O)NCCc1ccc2[nH]c(C)cc2c1. The highest BCUT2D eigenvalue weighted by molar-refractivity contribution is 5.81. The number of aromatic amines is 1. The molecule has 0 atom stereocenters. The van der Waals surface area contributed by atoms with Gasteiger partial charge in [0.25, 0.3) is 5.91 Å². The topological polar surface area (TPSA) is 63.4 Å². The van der Waals surface area contributed by atoms with Gasteiger partial charge in [-0.2, -0.15) is 0 Å². The van der Waals surface area contributed by atoms with Crippen LogP contribution in [0, 0.1) is 6.92 Å². The van der Waals surface area contributed by atoms with Crippen LogP contribution < -0.4 is 14.8 Å². The largest absolute Gasteiger partial charge is 0.493 e. The van der Waals surface area contributed by atoms with Crippen molar-refractivity contribution < 1.29 is 14.3 Å². The van der Waals surface area contributed by atoms with E-state index in [1.807, 2.05) is 19.1 Å². The van der Waals surface area contributed by atoms with E-state index < -0.39 is 0 Å². The molecule has 0 saturated carbocycles. The number of nitrogens with one attached hydrogen (secondary N) is 2. The minimum absolute atomic E-state index is 0.0313. The van der Waals surface area contributed by atoms with Gasteiger partial charge in [-0.15, -0.1) is 0 Å². The Morgan fingerprint density at radius 1 is 1.12 bits per heavy atom. The molecule has 3 rings (SSSR count). The minimum Gasteiger partial charge on any atom is -0.493 e. The normalized spacial score (nSPS) is 10.6. The van der Waals surface area contributed by atoms with Gasteiger partial charge in [0.05, 0.1) is 7.11 Å². The summed E-state index contributed by atoms with van der Waals surface area (Å²) in [5.41, 5.74) is 3.47. The van der Waals surface area contributed by atoms with Crippen molar-refractivity contribution in [1.82, 2.24) is 10.3 Å². The zero-order chi connectivity index (χ0) is 17.6. The molecule has 3 aromatic rings. The second-order valence-corrected chi connectivity index (χ2v) is 5.91. The molecule has 2 N–H and O–H groups in total. The number of hydrogen-bond acceptors (Lipinski definition) is 3. The molecular formula is C20H22N2O3. The van der Waals surface area contributed by atoms with Gasteiger partial charge in [-0.25, -0.2) is 0 Å². The molecule has 130 valence electrons. The molecule has 1 amide bonds. The summed E-state index contributed by atoms with van der Waals surface area (Å²) in [5, 5.41) is 4.07. The van der Waals surface area contributed by atoms with Crippen LogP contribution in [0.2, 0.25) is 0 Å². The Morgan fingerprint density at radius 2 is 1.92 bits per heavy atom. The molecule has 0 saturated heterocycles. The lowest BCUT2D eigenvalue weighted by molar-refractivity contribution is -0.123. The maximum atomic E-state index is 11.9. The molecule has 0 radical (unpaired) electrons. The van der Waals surface area contributed by atoms with E-state index in [4.69, 9.17) is 9.47 Å². The number of ether oxygens (including phenoxy) is 2. The third kappa shape index (κ3) is 4.32. The fraction of sp³-hybridized carbons (Fsp3) is 0.250. The fourth-order valence-electron chi connectivity index (χ4n) is 2.76. The summed E-state index contributed by atoms with van der Waals surface area (Å²) in [6, 6.07) is 15.7. The second kappa shape index (κ2) is 7.75. The number of fused-ring (bicyclic) bond motifs is 1. The minimum atomic E-state index is -0.149. The van der Waals surface area contributed by atoms with Crippen molar-refractivity contribution in [2.24, 2.45) is 0 Å². The van der Waals surface area contributed by atoms with Gasteiger partial charge in [-0.1, -0.05) is 18.2 Å². The van der Waals surface area contributed by atoms with E-state index in [2.05, 4.69) is 34.6 Å². The number of amides is 1. The molecule has 25 heavy (non-hydrogen) atoms. The van der Waals surface area contributed by atoms with Crippen LogP contribution in [-0.4, -0.2) is 31.2 Å². The van der Waals surface area contributed by atoms with Crippen molar-refractivity contribution >= 4 is 16.8 Å². The van der Waals surface area contributed by atoms with Gasteiger partial charge in [-0.05, 0) is 54.6 Å². The highest BCUT2D eigenvalue weighted by Crippen LogP contribution is 2.25. The van der Waals surface area contributed by atoms with Crippen LogP contribution in [-0.2, 0) is 11.2 Å². The summed E-state index contributed by atoms with van der Waals surface area (Å²) in [7, 11) is 1.57. The first-order valence-corrected chi connectivity index (χ1v) is 8.26. The zero-order valence-electron chi connectivity index (χ0n) is 14.5. The first kappa shape index (κ1) is 16.9. The van der Waals surface area contributed by atoms with Gasteiger partial charge < -0.3 is 19.8 Å². The highest BCUT2D eigenvalue weighted by atomic mass is 16.5. The van der Waals surface area contributed by atoms with E-state index in [9.17, 15) is 4.79 Å². The Kier molecular flexibility index (Phi) is 5.23. The Morgan fingerprint density at radius 3 is 2.72 bits per heavy atom. The van der Waals surface area contributed by atoms with Crippen molar-refractivity contribution in [3.8, 4) is 11.5 Å². The predicted octanol–water partition coefficient (Wildman–Crippen LogP) is 3.22. The third-order valence-electron chi connectivity index (χ3n) is 3.98. The Bertz CT molecular complexity index is 870. The number of para-hydroxylation sites is 2. The molecule has 0 aliphatic carbocycles. The summed E-state index contributed by atoms with van der Waals surface area (Å²) in [6.45, 7) is 2.58. The zero-order valence-corrected chi connectivity index (χ0v) is 14.5. The van der Waals surface area contributed by atoms with Crippen molar-refractivity contribution in [3.63, 3.8) is 0 Å². The molecule has 2 aromatic carbocycles. The molecule has 0 aliphatic heterocycles. The lowest BCUT2D eigenvalue weighted by Gasteiger charge is -2.10. The van der Waals surface area contributed by atoms with Crippen LogP contribution in [0.25, 0.3) is 10.9 Å². The summed E-state index contributed by atoms with van der Waals surface area (Å²) < 4.78 is 10.7. The molecule has 0 aliphatic rings. The average molecular weight is 338 g/mol. The quantitative estimate of drug-likeness (QED) is 0.695. The van der Waals surface area contributed by atoms with E-state index in [0.717, 1.165) is 17.6 Å². The number of H-pyrrole nitrogens is 1. The molecule has 1 heterocycles. The lowest BCUT2D eigenvalue weighted by atomic mass is 10.1. The molecule has 0 spiro atoms. The maximum Gasteiger partial charge on any atom is 0.257 e. The van der Waals surface area contributed by atoms with Crippen LogP contribution in [0.4, 0.5) is 0 Å². The molecular weight excluding hydrogens is 316 g/mol. The maximum absolute atomic E-state index is 11.9. The Balaban J connectivity index is 1.47. The van der Waals surface area contributed by atoms with E-state index in [1.54, 1.807) is 19.2 Å². The van der Waals surface area contributed by atoms with E-state index in [1.165, 1.54) is 10.9 Å². The van der Waals surface area contributed by atoms with Gasteiger partial charge >= 0.3 is 0 Å². The Labute approximate surface area is 147 Å². The van der Waals surface area contributed by atoms with Crippen LogP contribution >= 0.6 is 0 Å². The first-order chi connectivity index (χ1) is 12.2. The number of carbonyl (C=O) groups is 1. The number of benzene rings is 2. The van der Waals surface area contributed by atoms with Crippen LogP contribution in [0.1, 0.15) is 11.3 Å². The summed E-state index contributed by atoms with van der Waals surface area (Å²) in [6.07, 6.45) is 0.778. The number of methoxy groups -OCH3 is 1. The van der Waals surface area contributed by atoms with Gasteiger partial charge in [0.2, 0.25) is 0 Å². The molecule has 0 bridgehead atoms. The second-order valence-electron chi connectivity index (χ2n) is 5.91. The van der Waals surface area contributed by atoms with E-state index >= 15 is 0 Å². The van der Waals surface area contributed by atoms with Crippen LogP contribution in [0.15, 0.2) is 48.5 Å². The molecule has 0 unspecified atom stereocenters. The van der Waals surface area contributed by atoms with Gasteiger partial charge in [-0.3, -0.25) is 4.79 Å². The molecule has 5 heteroatoms. The van der Waals surface area contributed by atoms with Crippen LogP contribution in [0.5, 0.6) is 11.5 Å². The molecule has 0 fully saturated rings. The van der Waals surface area contributed by atoms with Crippen molar-refractivity contribution in [2.45, 2.75) is 13.3 Å². The monoisotopic (exact) mass is 338 g/mol. The van der Waals surface area contributed by atoms with E-state index in [-0.39, 0.29) is 12.5 Å². The molecule has 1 aromatic heterocycles. The summed E-state index contributed by atoms with van der Waals surface area (Å²) >= 11 is 0. The third-order valence-corrected chi connectivity index (χ3v) is 3.98. The van der Waals surface area contributed by atoms with Crippen molar-refractivity contribution in [2.75, 3.05) is 20.3 Å². The number of rotatable bonds is 7. The highest BCUT2D eigenvalue weighted by Gasteiger charge is 2.07. The van der Waals surface area contributed by atoms with E-state index in [0.29, 0.717) is 18.0 Å². The lowest BCUT2D eigenvalue weighted by Crippen LogP contribution is -2.30. The number of carbonyl (C=O) groups excluding carboxylic acids is 1. The number of aromatic nitrogens is 1. The van der Waals surface area contributed by atoms with Gasteiger partial charge in [0.1, 0.15) is 0 Å². The number of aryl methyl sites for hydroxylation is 1. The van der Waals surface area contributed by atoms with Crippen LogP contribution in [0.3, 0.4) is 0 Å². The smallest absolute Gasteiger partial charge is 0.257 e. The van der Waals surface area contributed by atoms with Crippen molar-refractivity contribution in [1.29, 1.82) is 0 Å². The average Bonchev–Trinajstić information content (AvgIpc) is 2.99. The first-order valence-electron chi connectivity index (χ1n) is 8.26. The van der Waals surface area contributed by atoms with Crippen molar-refractivity contribution in [3.05, 3.63) is 59.8 Å².